The predicted molar refractivity (Wildman–Crippen MR) is 78.2 cm³/mol. The first-order valence-electron chi connectivity index (χ1n) is 7.59. The van der Waals surface area contributed by atoms with Crippen LogP contribution in [0.2, 0.25) is 0 Å². The van der Waals surface area contributed by atoms with Crippen molar-refractivity contribution >= 4 is 5.57 Å². The number of unbranched alkanes of at least 4 members (excludes halogenated alkanes) is 1. The number of rotatable bonds is 6. The van der Waals surface area contributed by atoms with Crippen LogP contribution in [0.3, 0.4) is 0 Å². The highest BCUT2D eigenvalue weighted by Gasteiger charge is 2.39. The van der Waals surface area contributed by atoms with Crippen molar-refractivity contribution in [2.75, 3.05) is 19.6 Å². The number of hydrogen-bond donors (Lipinski definition) is 1. The summed E-state index contributed by atoms with van der Waals surface area (Å²) in [6.07, 6.45) is 1.74. The zero-order valence-electron chi connectivity index (χ0n) is 12.7. The van der Waals surface area contributed by atoms with E-state index in [0.717, 1.165) is 30.5 Å². The molecule has 2 heterocycles. The highest BCUT2D eigenvalue weighted by molar-refractivity contribution is 5.65. The van der Waals surface area contributed by atoms with Crippen molar-refractivity contribution in [1.82, 2.24) is 14.7 Å². The first-order valence-corrected chi connectivity index (χ1v) is 7.59. The Balaban J connectivity index is 1.90. The molecule has 0 aliphatic carbocycles. The molecule has 0 spiro atoms. The Hall–Kier alpha value is -1.34. The molecule has 22 heavy (non-hydrogen) atoms. The molecule has 1 N–H and O–H groups in total. The highest BCUT2D eigenvalue weighted by atomic mass is 19.4. The van der Waals surface area contributed by atoms with Gasteiger partial charge in [0.05, 0.1) is 6.20 Å². The maximum Gasteiger partial charge on any atom is 0.415 e. The Morgan fingerprint density at radius 3 is 2.77 bits per heavy atom. The summed E-state index contributed by atoms with van der Waals surface area (Å²) >= 11 is 0. The molecule has 0 fully saturated rings. The largest absolute Gasteiger partial charge is 0.415 e. The van der Waals surface area contributed by atoms with E-state index in [1.807, 2.05) is 23.2 Å². The van der Waals surface area contributed by atoms with E-state index in [2.05, 4.69) is 12.0 Å². The van der Waals surface area contributed by atoms with Crippen LogP contribution in [0.1, 0.15) is 31.7 Å². The van der Waals surface area contributed by atoms with E-state index in [0.29, 0.717) is 19.5 Å². The molecule has 0 bridgehead atoms. The molecule has 7 heteroatoms. The van der Waals surface area contributed by atoms with E-state index in [9.17, 15) is 13.2 Å². The van der Waals surface area contributed by atoms with Crippen LogP contribution in [-0.4, -0.2) is 51.7 Å². The molecule has 0 aromatic carbocycles. The average molecular weight is 317 g/mol. The van der Waals surface area contributed by atoms with Gasteiger partial charge in [0, 0.05) is 37.9 Å². The molecule has 1 aliphatic heterocycles. The van der Waals surface area contributed by atoms with Crippen LogP contribution >= 0.6 is 0 Å². The van der Waals surface area contributed by atoms with Gasteiger partial charge in [-0.25, -0.2) is 0 Å². The normalized spacial score (nSPS) is 18.3. The summed E-state index contributed by atoms with van der Waals surface area (Å²) in [6.45, 7) is 3.57. The minimum atomic E-state index is -4.55. The summed E-state index contributed by atoms with van der Waals surface area (Å²) in [4.78, 5) is 1.61. The Labute approximate surface area is 128 Å². The zero-order valence-corrected chi connectivity index (χ0v) is 12.7. The number of aliphatic hydroxyl groups excluding tert-OH is 1. The molecule has 1 aromatic rings. The number of alkyl halides is 3. The SMILES string of the molecule is CCCCn1cc(C2=CCN(CC(O)C(F)(F)F)CC2)cn1. The molecular weight excluding hydrogens is 295 g/mol. The van der Waals surface area contributed by atoms with E-state index >= 15 is 0 Å². The standard InChI is InChI=1S/C15H22F3N3O/c1-2-3-6-21-10-13(9-19-21)12-4-7-20(8-5-12)11-14(22)15(16,17)18/h4,9-10,14,22H,2-3,5-8,11H2,1H3. The van der Waals surface area contributed by atoms with Crippen molar-refractivity contribution in [1.29, 1.82) is 0 Å². The third kappa shape index (κ3) is 4.58. The lowest BCUT2D eigenvalue weighted by atomic mass is 10.0. The number of hydrogen-bond acceptors (Lipinski definition) is 3. The van der Waals surface area contributed by atoms with Crippen LogP contribution in [-0.2, 0) is 6.54 Å². The number of aromatic nitrogens is 2. The van der Waals surface area contributed by atoms with Gasteiger partial charge < -0.3 is 5.11 Å². The van der Waals surface area contributed by atoms with E-state index in [1.54, 1.807) is 4.90 Å². The number of β-amino-alcohol motifs (C(OH)–C–C–N with tert-alkyl or cyclic N) is 1. The predicted octanol–water partition coefficient (Wildman–Crippen LogP) is 2.70. The Bertz CT molecular complexity index is 510. The van der Waals surface area contributed by atoms with Gasteiger partial charge in [0.25, 0.3) is 0 Å². The zero-order chi connectivity index (χ0) is 16.2. The van der Waals surface area contributed by atoms with Crippen LogP contribution in [0.5, 0.6) is 0 Å². The van der Waals surface area contributed by atoms with E-state index in [-0.39, 0.29) is 6.54 Å². The van der Waals surface area contributed by atoms with Gasteiger partial charge in [-0.3, -0.25) is 9.58 Å². The lowest BCUT2D eigenvalue weighted by Crippen LogP contribution is -2.42. The molecule has 124 valence electrons. The van der Waals surface area contributed by atoms with Gasteiger partial charge >= 0.3 is 6.18 Å². The highest BCUT2D eigenvalue weighted by Crippen LogP contribution is 2.25. The molecule has 0 amide bonds. The molecule has 1 atom stereocenters. The molecule has 2 rings (SSSR count). The second-order valence-electron chi connectivity index (χ2n) is 5.64. The van der Waals surface area contributed by atoms with Crippen LogP contribution < -0.4 is 0 Å². The Morgan fingerprint density at radius 1 is 1.41 bits per heavy atom. The van der Waals surface area contributed by atoms with Crippen molar-refractivity contribution in [3.63, 3.8) is 0 Å². The summed E-state index contributed by atoms with van der Waals surface area (Å²) in [5.41, 5.74) is 2.15. The van der Waals surface area contributed by atoms with E-state index in [4.69, 9.17) is 5.11 Å². The lowest BCUT2D eigenvalue weighted by Gasteiger charge is -2.28. The van der Waals surface area contributed by atoms with Crippen LogP contribution in [0.25, 0.3) is 5.57 Å². The quantitative estimate of drug-likeness (QED) is 0.877. The van der Waals surface area contributed by atoms with Crippen LogP contribution in [0.4, 0.5) is 13.2 Å². The number of aryl methyl sites for hydroxylation is 1. The number of nitrogens with zero attached hydrogens (tertiary/aromatic N) is 3. The maximum atomic E-state index is 12.3. The topological polar surface area (TPSA) is 41.3 Å². The maximum absolute atomic E-state index is 12.3. The van der Waals surface area contributed by atoms with Gasteiger partial charge in [-0.15, -0.1) is 0 Å². The first-order chi connectivity index (χ1) is 10.4. The van der Waals surface area contributed by atoms with Gasteiger partial charge in [-0.2, -0.15) is 18.3 Å². The lowest BCUT2D eigenvalue weighted by molar-refractivity contribution is -0.207. The van der Waals surface area contributed by atoms with Gasteiger partial charge in [0.15, 0.2) is 6.10 Å². The van der Waals surface area contributed by atoms with Crippen molar-refractivity contribution in [3.8, 4) is 0 Å². The Morgan fingerprint density at radius 2 is 2.18 bits per heavy atom. The first kappa shape index (κ1) is 17.0. The smallest absolute Gasteiger partial charge is 0.382 e. The van der Waals surface area contributed by atoms with E-state index in [1.165, 1.54) is 0 Å². The van der Waals surface area contributed by atoms with Crippen LogP contribution in [0, 0.1) is 0 Å². The van der Waals surface area contributed by atoms with E-state index < -0.39 is 12.3 Å². The summed E-state index contributed by atoms with van der Waals surface area (Å²) < 4.78 is 38.9. The van der Waals surface area contributed by atoms with Gasteiger partial charge in [0.2, 0.25) is 0 Å². The number of halogens is 3. The monoisotopic (exact) mass is 317 g/mol. The fourth-order valence-corrected chi connectivity index (χ4v) is 2.46. The molecule has 0 saturated heterocycles. The third-order valence-electron chi connectivity index (χ3n) is 3.85. The summed E-state index contributed by atoms with van der Waals surface area (Å²) in [5.74, 6) is 0. The minimum Gasteiger partial charge on any atom is -0.382 e. The molecule has 0 saturated carbocycles. The third-order valence-corrected chi connectivity index (χ3v) is 3.85. The molecule has 1 unspecified atom stereocenters. The molecule has 0 radical (unpaired) electrons. The molecule has 1 aromatic heterocycles. The summed E-state index contributed by atoms with van der Waals surface area (Å²) in [5, 5.41) is 13.4. The van der Waals surface area contributed by atoms with Crippen molar-refractivity contribution in [2.45, 2.75) is 45.0 Å². The molecular formula is C15H22F3N3O. The second kappa shape index (κ2) is 7.28. The Kier molecular flexibility index (Phi) is 5.63. The summed E-state index contributed by atoms with van der Waals surface area (Å²) in [7, 11) is 0. The molecule has 1 aliphatic rings. The fraction of sp³-hybridized carbons (Fsp3) is 0.667. The number of aliphatic hydroxyl groups is 1. The summed E-state index contributed by atoms with van der Waals surface area (Å²) in [6, 6.07) is 0. The van der Waals surface area contributed by atoms with Crippen molar-refractivity contribution < 1.29 is 18.3 Å². The van der Waals surface area contributed by atoms with Gasteiger partial charge in [-0.05, 0) is 18.4 Å². The second-order valence-corrected chi connectivity index (χ2v) is 5.64. The fourth-order valence-electron chi connectivity index (χ4n) is 2.46. The van der Waals surface area contributed by atoms with Gasteiger partial charge in [0.1, 0.15) is 0 Å². The molecule has 4 nitrogen and oxygen atoms in total. The van der Waals surface area contributed by atoms with Gasteiger partial charge in [-0.1, -0.05) is 19.4 Å². The van der Waals surface area contributed by atoms with Crippen LogP contribution in [0.15, 0.2) is 18.5 Å². The average Bonchev–Trinajstić information content (AvgIpc) is 2.93. The minimum absolute atomic E-state index is 0.372. The van der Waals surface area contributed by atoms with Crippen molar-refractivity contribution in [2.24, 2.45) is 0 Å². The van der Waals surface area contributed by atoms with Crippen molar-refractivity contribution in [3.05, 3.63) is 24.0 Å².